The lowest BCUT2D eigenvalue weighted by molar-refractivity contribution is -0.139. The molecule has 1 unspecified atom stereocenters. The monoisotopic (exact) mass is 603 g/mol. The first-order valence-electron chi connectivity index (χ1n) is 13.1. The summed E-state index contributed by atoms with van der Waals surface area (Å²) < 4.78 is 28.8. The SMILES string of the molecule is CCC(C(=O)NC(C)C)N(CCc1ccccc1)C(=O)CN(c1cccc(Cl)c1Cl)S(=O)(=O)c1ccc(C)cc1. The molecule has 3 aromatic rings. The summed E-state index contributed by atoms with van der Waals surface area (Å²) in [5.74, 6) is -0.832. The molecule has 1 atom stereocenters. The van der Waals surface area contributed by atoms with Gasteiger partial charge in [-0.05, 0) is 63.4 Å². The smallest absolute Gasteiger partial charge is 0.264 e. The molecule has 10 heteroatoms. The number of carbonyl (C=O) groups excluding carboxylic acids is 2. The number of amides is 2. The van der Waals surface area contributed by atoms with Crippen LogP contribution in [0.4, 0.5) is 5.69 Å². The summed E-state index contributed by atoms with van der Waals surface area (Å²) >= 11 is 12.7. The molecule has 1 N–H and O–H groups in total. The predicted molar refractivity (Wildman–Crippen MR) is 161 cm³/mol. The molecule has 0 aliphatic rings. The van der Waals surface area contributed by atoms with E-state index in [1.807, 2.05) is 58.0 Å². The third-order valence-electron chi connectivity index (χ3n) is 6.39. The number of sulfonamides is 1. The summed E-state index contributed by atoms with van der Waals surface area (Å²) in [6.07, 6.45) is 0.836. The van der Waals surface area contributed by atoms with E-state index in [-0.39, 0.29) is 39.1 Å². The number of benzene rings is 3. The van der Waals surface area contributed by atoms with E-state index >= 15 is 0 Å². The fourth-order valence-corrected chi connectivity index (χ4v) is 6.19. The molecule has 0 radical (unpaired) electrons. The maximum absolute atomic E-state index is 14.0. The van der Waals surface area contributed by atoms with Crippen molar-refractivity contribution in [3.8, 4) is 0 Å². The molecule has 214 valence electrons. The van der Waals surface area contributed by atoms with Gasteiger partial charge < -0.3 is 10.2 Å². The topological polar surface area (TPSA) is 86.8 Å². The Balaban J connectivity index is 2.05. The molecule has 2 amide bonds. The molecule has 0 heterocycles. The van der Waals surface area contributed by atoms with E-state index in [4.69, 9.17) is 23.2 Å². The summed E-state index contributed by atoms with van der Waals surface area (Å²) in [6, 6.07) is 19.6. The molecule has 0 saturated heterocycles. The van der Waals surface area contributed by atoms with Crippen LogP contribution < -0.4 is 9.62 Å². The number of carbonyl (C=O) groups is 2. The van der Waals surface area contributed by atoms with E-state index in [0.717, 1.165) is 15.4 Å². The van der Waals surface area contributed by atoms with Gasteiger partial charge in [-0.3, -0.25) is 13.9 Å². The normalized spacial score (nSPS) is 12.2. The third kappa shape index (κ3) is 7.77. The Hall–Kier alpha value is -3.07. The van der Waals surface area contributed by atoms with Gasteiger partial charge in [-0.25, -0.2) is 8.42 Å². The summed E-state index contributed by atoms with van der Waals surface area (Å²) in [5, 5.41) is 3.05. The van der Waals surface area contributed by atoms with Gasteiger partial charge >= 0.3 is 0 Å². The Kier molecular flexibility index (Phi) is 11.0. The van der Waals surface area contributed by atoms with Gasteiger partial charge in [-0.1, -0.05) is 84.2 Å². The number of nitrogens with one attached hydrogen (secondary N) is 1. The minimum atomic E-state index is -4.24. The van der Waals surface area contributed by atoms with Crippen LogP contribution in [0.5, 0.6) is 0 Å². The number of rotatable bonds is 12. The van der Waals surface area contributed by atoms with E-state index in [9.17, 15) is 18.0 Å². The number of hydrogen-bond acceptors (Lipinski definition) is 4. The van der Waals surface area contributed by atoms with Crippen molar-refractivity contribution < 1.29 is 18.0 Å². The van der Waals surface area contributed by atoms with Gasteiger partial charge in [0.1, 0.15) is 12.6 Å². The molecule has 40 heavy (non-hydrogen) atoms. The molecule has 0 spiro atoms. The zero-order valence-electron chi connectivity index (χ0n) is 23.1. The van der Waals surface area contributed by atoms with Crippen molar-refractivity contribution in [3.63, 3.8) is 0 Å². The lowest BCUT2D eigenvalue weighted by Gasteiger charge is -2.33. The largest absolute Gasteiger partial charge is 0.352 e. The van der Waals surface area contributed by atoms with Crippen LogP contribution >= 0.6 is 23.2 Å². The standard InChI is InChI=1S/C30H35Cl2N3O4S/c1-5-26(30(37)33-21(2)3)34(19-18-23-10-7-6-8-11-23)28(36)20-35(27-13-9-12-25(31)29(27)32)40(38,39)24-16-14-22(4)15-17-24/h6-17,21,26H,5,18-20H2,1-4H3,(H,33,37). The van der Waals surface area contributed by atoms with E-state index < -0.39 is 28.5 Å². The van der Waals surface area contributed by atoms with Crippen LogP contribution in [0, 0.1) is 6.92 Å². The van der Waals surface area contributed by atoms with Crippen LogP contribution in [0.1, 0.15) is 38.3 Å². The van der Waals surface area contributed by atoms with Gasteiger partial charge in [-0.15, -0.1) is 0 Å². The van der Waals surface area contributed by atoms with Crippen molar-refractivity contribution in [3.05, 3.63) is 94.0 Å². The van der Waals surface area contributed by atoms with Crippen LogP contribution in [0.15, 0.2) is 77.7 Å². The zero-order valence-corrected chi connectivity index (χ0v) is 25.4. The minimum absolute atomic E-state index is 0.00219. The maximum Gasteiger partial charge on any atom is 0.264 e. The molecule has 0 aromatic heterocycles. The highest BCUT2D eigenvalue weighted by Gasteiger charge is 2.34. The third-order valence-corrected chi connectivity index (χ3v) is 8.97. The lowest BCUT2D eigenvalue weighted by atomic mass is 10.1. The van der Waals surface area contributed by atoms with Crippen molar-refractivity contribution in [2.24, 2.45) is 0 Å². The Labute approximate surface area is 247 Å². The van der Waals surface area contributed by atoms with E-state index in [0.29, 0.717) is 12.8 Å². The Morgan fingerprint density at radius 1 is 0.925 bits per heavy atom. The maximum atomic E-state index is 14.0. The lowest BCUT2D eigenvalue weighted by Crippen LogP contribution is -2.54. The van der Waals surface area contributed by atoms with Crippen LogP contribution in [0.2, 0.25) is 10.0 Å². The fraction of sp³-hybridized carbons (Fsp3) is 0.333. The second kappa shape index (κ2) is 14.0. The predicted octanol–water partition coefficient (Wildman–Crippen LogP) is 5.87. The summed E-state index contributed by atoms with van der Waals surface area (Å²) in [5.41, 5.74) is 1.95. The van der Waals surface area contributed by atoms with Gasteiger partial charge in [0.15, 0.2) is 0 Å². The van der Waals surface area contributed by atoms with Crippen molar-refractivity contribution in [2.75, 3.05) is 17.4 Å². The first-order chi connectivity index (χ1) is 18.9. The fourth-order valence-electron chi connectivity index (χ4n) is 4.31. The summed E-state index contributed by atoms with van der Waals surface area (Å²) in [7, 11) is -4.24. The molecule has 0 aliphatic carbocycles. The summed E-state index contributed by atoms with van der Waals surface area (Å²) in [6.45, 7) is 7.01. The van der Waals surface area contributed by atoms with Gasteiger partial charge in [0, 0.05) is 12.6 Å². The molecule has 0 fully saturated rings. The van der Waals surface area contributed by atoms with Gasteiger partial charge in [-0.2, -0.15) is 0 Å². The molecule has 0 bridgehead atoms. The zero-order chi connectivity index (χ0) is 29.4. The van der Waals surface area contributed by atoms with Gasteiger partial charge in [0.25, 0.3) is 10.0 Å². The molecule has 7 nitrogen and oxygen atoms in total. The second-order valence-corrected chi connectivity index (χ2v) is 12.5. The van der Waals surface area contributed by atoms with E-state index in [2.05, 4.69) is 5.32 Å². The van der Waals surface area contributed by atoms with Crippen LogP contribution in [0.25, 0.3) is 0 Å². The molecule has 0 aliphatic heterocycles. The first-order valence-corrected chi connectivity index (χ1v) is 15.3. The summed E-state index contributed by atoms with van der Waals surface area (Å²) in [4.78, 5) is 28.7. The molecule has 3 rings (SSSR count). The highest BCUT2D eigenvalue weighted by atomic mass is 35.5. The van der Waals surface area contributed by atoms with Gasteiger partial charge in [0.2, 0.25) is 11.8 Å². The average molecular weight is 605 g/mol. The highest BCUT2D eigenvalue weighted by Crippen LogP contribution is 2.35. The van der Waals surface area contributed by atoms with E-state index in [1.165, 1.54) is 23.1 Å². The minimum Gasteiger partial charge on any atom is -0.352 e. The quantitative estimate of drug-likeness (QED) is 0.280. The first kappa shape index (κ1) is 31.5. The average Bonchev–Trinajstić information content (AvgIpc) is 2.91. The van der Waals surface area contributed by atoms with Crippen molar-refractivity contribution in [2.45, 2.75) is 57.5 Å². The van der Waals surface area contributed by atoms with Gasteiger partial charge in [0.05, 0.1) is 20.6 Å². The number of hydrogen-bond donors (Lipinski definition) is 1. The Morgan fingerprint density at radius 3 is 2.17 bits per heavy atom. The highest BCUT2D eigenvalue weighted by molar-refractivity contribution is 7.92. The van der Waals surface area contributed by atoms with Crippen LogP contribution in [0.3, 0.4) is 0 Å². The van der Waals surface area contributed by atoms with E-state index in [1.54, 1.807) is 24.3 Å². The number of nitrogens with zero attached hydrogens (tertiary/aromatic N) is 2. The Bertz CT molecular complexity index is 1410. The second-order valence-electron chi connectivity index (χ2n) is 9.81. The van der Waals surface area contributed by atoms with Crippen LogP contribution in [-0.2, 0) is 26.0 Å². The van der Waals surface area contributed by atoms with Crippen molar-refractivity contribution in [1.82, 2.24) is 10.2 Å². The molecular formula is C30H35Cl2N3O4S. The molecular weight excluding hydrogens is 569 g/mol. The van der Waals surface area contributed by atoms with Crippen molar-refractivity contribution >= 4 is 50.7 Å². The van der Waals surface area contributed by atoms with Crippen molar-refractivity contribution in [1.29, 1.82) is 0 Å². The number of anilines is 1. The number of aryl methyl sites for hydroxylation is 1. The molecule has 3 aromatic carbocycles. The Morgan fingerprint density at radius 2 is 1.57 bits per heavy atom. The molecule has 0 saturated carbocycles. The van der Waals surface area contributed by atoms with Crippen LogP contribution in [-0.4, -0.2) is 50.3 Å². The number of halogens is 2.